The standard InChI is InChI=1S/C18H22O7/c1-22-16(20)24-15(19)18(25-17(21)23-2,13-9-5-3-6-10-13)14-11-7-4-8-12-14/h3,5-6,9-10,14H,4,7-8,11-12H2,1-2H3. The molecule has 0 spiro atoms. The summed E-state index contributed by atoms with van der Waals surface area (Å²) < 4.78 is 19.3. The van der Waals surface area contributed by atoms with E-state index in [0.29, 0.717) is 18.4 Å². The van der Waals surface area contributed by atoms with Gasteiger partial charge in [-0.15, -0.1) is 0 Å². The van der Waals surface area contributed by atoms with Gasteiger partial charge in [0, 0.05) is 11.5 Å². The molecule has 1 atom stereocenters. The summed E-state index contributed by atoms with van der Waals surface area (Å²) in [5.74, 6) is -1.32. The first-order valence-corrected chi connectivity index (χ1v) is 8.17. The van der Waals surface area contributed by atoms with Crippen molar-refractivity contribution in [3.8, 4) is 0 Å². The largest absolute Gasteiger partial charge is 0.515 e. The molecule has 0 radical (unpaired) electrons. The van der Waals surface area contributed by atoms with Gasteiger partial charge in [-0.25, -0.2) is 14.4 Å². The first-order valence-electron chi connectivity index (χ1n) is 8.17. The van der Waals surface area contributed by atoms with Crippen molar-refractivity contribution < 1.29 is 33.3 Å². The van der Waals surface area contributed by atoms with E-state index in [1.807, 2.05) is 0 Å². The van der Waals surface area contributed by atoms with Gasteiger partial charge in [-0.05, 0) is 12.8 Å². The summed E-state index contributed by atoms with van der Waals surface area (Å²) in [4.78, 5) is 36.4. The van der Waals surface area contributed by atoms with Crippen LogP contribution in [0.2, 0.25) is 0 Å². The highest BCUT2D eigenvalue weighted by atomic mass is 16.8. The molecule has 1 fully saturated rings. The van der Waals surface area contributed by atoms with Gasteiger partial charge in [-0.3, -0.25) is 0 Å². The molecule has 25 heavy (non-hydrogen) atoms. The highest BCUT2D eigenvalue weighted by Gasteiger charge is 2.53. The van der Waals surface area contributed by atoms with Crippen LogP contribution >= 0.6 is 0 Å². The molecule has 1 saturated carbocycles. The van der Waals surface area contributed by atoms with Crippen LogP contribution in [0.25, 0.3) is 0 Å². The average Bonchev–Trinajstić information content (AvgIpc) is 2.67. The number of methoxy groups -OCH3 is 2. The van der Waals surface area contributed by atoms with Crippen molar-refractivity contribution in [2.24, 2.45) is 5.92 Å². The molecule has 0 saturated heterocycles. The van der Waals surface area contributed by atoms with Crippen molar-refractivity contribution in [1.82, 2.24) is 0 Å². The van der Waals surface area contributed by atoms with Gasteiger partial charge in [0.1, 0.15) is 0 Å². The van der Waals surface area contributed by atoms with Crippen molar-refractivity contribution >= 4 is 18.3 Å². The predicted octanol–water partition coefficient (Wildman–Crippen LogP) is 3.55. The Labute approximate surface area is 146 Å². The molecule has 0 heterocycles. The minimum absolute atomic E-state index is 0.333. The zero-order valence-corrected chi connectivity index (χ0v) is 14.4. The third-order valence-electron chi connectivity index (χ3n) is 4.44. The second kappa shape index (κ2) is 8.50. The lowest BCUT2D eigenvalue weighted by molar-refractivity contribution is -0.174. The van der Waals surface area contributed by atoms with Gasteiger partial charge in [0.15, 0.2) is 0 Å². The highest BCUT2D eigenvalue weighted by Crippen LogP contribution is 2.43. The van der Waals surface area contributed by atoms with Crippen LogP contribution in [0, 0.1) is 5.92 Å². The van der Waals surface area contributed by atoms with E-state index in [4.69, 9.17) is 9.47 Å². The van der Waals surface area contributed by atoms with E-state index >= 15 is 0 Å². The van der Waals surface area contributed by atoms with Gasteiger partial charge in [0.25, 0.3) is 0 Å². The van der Waals surface area contributed by atoms with Crippen LogP contribution in [0.3, 0.4) is 0 Å². The normalized spacial score (nSPS) is 17.0. The SMILES string of the molecule is COC(=O)OC(=O)C(OC(=O)OC)(c1ccccc1)C1CCCCC1. The molecule has 1 unspecified atom stereocenters. The summed E-state index contributed by atoms with van der Waals surface area (Å²) in [6, 6.07) is 8.54. The maximum absolute atomic E-state index is 12.9. The number of hydrogen-bond acceptors (Lipinski definition) is 7. The maximum Gasteiger partial charge on any atom is 0.515 e. The lowest BCUT2D eigenvalue weighted by Gasteiger charge is -2.39. The fourth-order valence-electron chi connectivity index (χ4n) is 3.27. The molecular weight excluding hydrogens is 328 g/mol. The van der Waals surface area contributed by atoms with Crippen LogP contribution in [0.4, 0.5) is 9.59 Å². The van der Waals surface area contributed by atoms with E-state index in [1.165, 1.54) is 0 Å². The van der Waals surface area contributed by atoms with E-state index in [0.717, 1.165) is 33.5 Å². The van der Waals surface area contributed by atoms with Crippen LogP contribution in [0.5, 0.6) is 0 Å². The van der Waals surface area contributed by atoms with E-state index in [9.17, 15) is 14.4 Å². The molecule has 136 valence electrons. The minimum Gasteiger partial charge on any atom is -0.438 e. The number of carbonyl (C=O) groups excluding carboxylic acids is 3. The topological polar surface area (TPSA) is 88.1 Å². The van der Waals surface area contributed by atoms with Crippen LogP contribution in [0.1, 0.15) is 37.7 Å². The lowest BCUT2D eigenvalue weighted by Crippen LogP contribution is -2.49. The molecule has 1 aromatic rings. The summed E-state index contributed by atoms with van der Waals surface area (Å²) in [7, 11) is 2.26. The molecule has 1 aliphatic carbocycles. The van der Waals surface area contributed by atoms with Gasteiger partial charge in [-0.1, -0.05) is 49.6 Å². The van der Waals surface area contributed by atoms with Gasteiger partial charge >= 0.3 is 18.3 Å². The summed E-state index contributed by atoms with van der Waals surface area (Å²) in [6.45, 7) is 0. The average molecular weight is 350 g/mol. The van der Waals surface area contributed by atoms with E-state index in [1.54, 1.807) is 30.3 Å². The van der Waals surface area contributed by atoms with Crippen molar-refractivity contribution in [2.45, 2.75) is 37.7 Å². The lowest BCUT2D eigenvalue weighted by atomic mass is 9.73. The van der Waals surface area contributed by atoms with Crippen LogP contribution in [0.15, 0.2) is 30.3 Å². The number of hydrogen-bond donors (Lipinski definition) is 0. The molecule has 1 aliphatic rings. The molecule has 0 bridgehead atoms. The van der Waals surface area contributed by atoms with Gasteiger partial charge < -0.3 is 18.9 Å². The number of rotatable bonds is 4. The van der Waals surface area contributed by atoms with Crippen LogP contribution in [-0.4, -0.2) is 32.5 Å². The Kier molecular flexibility index (Phi) is 6.38. The van der Waals surface area contributed by atoms with E-state index in [2.05, 4.69) is 9.47 Å². The Morgan fingerprint density at radius 2 is 1.52 bits per heavy atom. The summed E-state index contributed by atoms with van der Waals surface area (Å²) in [6.07, 6.45) is 1.94. The molecule has 0 aliphatic heterocycles. The molecule has 7 nitrogen and oxygen atoms in total. The van der Waals surface area contributed by atoms with E-state index < -0.39 is 23.9 Å². The minimum atomic E-state index is -1.76. The molecule has 2 rings (SSSR count). The van der Waals surface area contributed by atoms with Crippen molar-refractivity contribution in [3.05, 3.63) is 35.9 Å². The Morgan fingerprint density at radius 1 is 0.920 bits per heavy atom. The summed E-state index contributed by atoms with van der Waals surface area (Å²) >= 11 is 0. The molecular formula is C18H22O7. The van der Waals surface area contributed by atoms with Gasteiger partial charge in [0.05, 0.1) is 14.2 Å². The second-order valence-corrected chi connectivity index (χ2v) is 5.84. The van der Waals surface area contributed by atoms with Gasteiger partial charge in [-0.2, -0.15) is 0 Å². The molecule has 0 N–H and O–H groups in total. The Hall–Kier alpha value is -2.57. The van der Waals surface area contributed by atoms with Crippen molar-refractivity contribution in [3.63, 3.8) is 0 Å². The van der Waals surface area contributed by atoms with Crippen molar-refractivity contribution in [1.29, 1.82) is 0 Å². The number of ether oxygens (including phenoxy) is 4. The zero-order chi connectivity index (χ0) is 18.3. The molecule has 0 aromatic heterocycles. The Morgan fingerprint density at radius 3 is 2.08 bits per heavy atom. The Bertz CT molecular complexity index is 607. The summed E-state index contributed by atoms with van der Waals surface area (Å²) in [5.41, 5.74) is -1.33. The second-order valence-electron chi connectivity index (χ2n) is 5.84. The monoisotopic (exact) mass is 350 g/mol. The molecule has 1 aromatic carbocycles. The quantitative estimate of drug-likeness (QED) is 0.606. The van der Waals surface area contributed by atoms with E-state index in [-0.39, 0.29) is 5.92 Å². The number of esters is 1. The maximum atomic E-state index is 12.9. The number of benzene rings is 1. The molecule has 7 heteroatoms. The van der Waals surface area contributed by atoms with Crippen LogP contribution < -0.4 is 0 Å². The fourth-order valence-corrected chi connectivity index (χ4v) is 3.27. The van der Waals surface area contributed by atoms with Crippen molar-refractivity contribution in [2.75, 3.05) is 14.2 Å². The molecule has 0 amide bonds. The first-order chi connectivity index (χ1) is 12.0. The predicted molar refractivity (Wildman–Crippen MR) is 86.7 cm³/mol. The number of carbonyl (C=O) groups is 3. The highest BCUT2D eigenvalue weighted by molar-refractivity contribution is 5.90. The first kappa shape index (κ1) is 18.8. The third-order valence-corrected chi connectivity index (χ3v) is 4.44. The summed E-state index contributed by atoms with van der Waals surface area (Å²) in [5, 5.41) is 0. The smallest absolute Gasteiger partial charge is 0.438 e. The zero-order valence-electron chi connectivity index (χ0n) is 14.4. The Balaban J connectivity index is 2.52. The van der Waals surface area contributed by atoms with Crippen LogP contribution in [-0.2, 0) is 29.3 Å². The van der Waals surface area contributed by atoms with Gasteiger partial charge in [0.2, 0.25) is 5.60 Å². The fraction of sp³-hybridized carbons (Fsp3) is 0.500. The third kappa shape index (κ3) is 4.10.